The minimum absolute atomic E-state index is 0.279. The highest BCUT2D eigenvalue weighted by Gasteiger charge is 2.51. The van der Waals surface area contributed by atoms with Gasteiger partial charge in [0, 0.05) is 22.0 Å². The molecule has 2 N–H and O–H groups in total. The number of aromatic amines is 1. The number of urea groups is 1. The van der Waals surface area contributed by atoms with Gasteiger partial charge in [-0.3, -0.25) is 14.5 Å². The zero-order valence-corrected chi connectivity index (χ0v) is 15.6. The minimum atomic E-state index is -1.18. The maximum atomic E-state index is 13.1. The maximum absolute atomic E-state index is 13.1. The molecular formula is C19H20ClN3O3. The molecule has 0 radical (unpaired) electrons. The SMILES string of the molecule is CC[C@@]1(c2ccc(Cl)cc2)NC(=O)N(CC(=O)c2cc(C)[nH]c2C)C1=O. The average Bonchev–Trinajstić information content (AvgIpc) is 3.06. The van der Waals surface area contributed by atoms with E-state index in [1.54, 1.807) is 37.3 Å². The number of hydrogen-bond donors (Lipinski definition) is 2. The molecular weight excluding hydrogens is 354 g/mol. The lowest BCUT2D eigenvalue weighted by atomic mass is 9.87. The third-order valence-electron chi connectivity index (χ3n) is 4.79. The number of halogens is 1. The predicted molar refractivity (Wildman–Crippen MR) is 98.3 cm³/mol. The first-order valence-corrected chi connectivity index (χ1v) is 8.76. The Morgan fingerprint density at radius 3 is 2.38 bits per heavy atom. The number of carbonyl (C=O) groups excluding carboxylic acids is 3. The summed E-state index contributed by atoms with van der Waals surface area (Å²) in [5, 5.41) is 3.31. The zero-order valence-electron chi connectivity index (χ0n) is 14.9. The van der Waals surface area contributed by atoms with Crippen molar-refractivity contribution in [1.29, 1.82) is 0 Å². The number of amides is 3. The zero-order chi connectivity index (χ0) is 19.1. The summed E-state index contributed by atoms with van der Waals surface area (Å²) in [6.07, 6.45) is 0.367. The summed E-state index contributed by atoms with van der Waals surface area (Å²) >= 11 is 5.92. The summed E-state index contributed by atoms with van der Waals surface area (Å²) in [6.45, 7) is 5.16. The molecule has 1 atom stereocenters. The molecule has 0 spiro atoms. The lowest BCUT2D eigenvalue weighted by Gasteiger charge is -2.25. The van der Waals surface area contributed by atoms with Crippen LogP contribution in [0.1, 0.15) is 40.7 Å². The summed E-state index contributed by atoms with van der Waals surface area (Å²) in [7, 11) is 0. The van der Waals surface area contributed by atoms with E-state index in [4.69, 9.17) is 11.6 Å². The number of nitrogens with zero attached hydrogens (tertiary/aromatic N) is 1. The number of imide groups is 1. The van der Waals surface area contributed by atoms with E-state index in [0.717, 1.165) is 16.3 Å². The second kappa shape index (κ2) is 6.61. The molecule has 0 aliphatic carbocycles. The predicted octanol–water partition coefficient (Wildman–Crippen LogP) is 3.32. The van der Waals surface area contributed by atoms with Gasteiger partial charge in [-0.15, -0.1) is 0 Å². The summed E-state index contributed by atoms with van der Waals surface area (Å²) in [4.78, 5) is 42.2. The lowest BCUT2D eigenvalue weighted by Crippen LogP contribution is -2.43. The van der Waals surface area contributed by atoms with Crippen molar-refractivity contribution >= 4 is 29.3 Å². The molecule has 1 fully saturated rings. The molecule has 3 amide bonds. The van der Waals surface area contributed by atoms with Crippen LogP contribution >= 0.6 is 11.6 Å². The Morgan fingerprint density at radius 2 is 1.85 bits per heavy atom. The molecule has 0 bridgehead atoms. The van der Waals surface area contributed by atoms with Gasteiger partial charge in [-0.25, -0.2) is 4.79 Å². The monoisotopic (exact) mass is 373 g/mol. The van der Waals surface area contributed by atoms with Crippen LogP contribution in [0.3, 0.4) is 0 Å². The molecule has 26 heavy (non-hydrogen) atoms. The third-order valence-corrected chi connectivity index (χ3v) is 5.05. The van der Waals surface area contributed by atoms with Crippen molar-refractivity contribution in [3.05, 3.63) is 57.9 Å². The second-order valence-corrected chi connectivity index (χ2v) is 6.94. The highest BCUT2D eigenvalue weighted by atomic mass is 35.5. The van der Waals surface area contributed by atoms with Crippen LogP contribution in [0.4, 0.5) is 4.79 Å². The van der Waals surface area contributed by atoms with E-state index >= 15 is 0 Å². The molecule has 1 aliphatic rings. The number of benzene rings is 1. The van der Waals surface area contributed by atoms with Crippen molar-refractivity contribution in [2.24, 2.45) is 0 Å². The molecule has 1 saturated heterocycles. The Kier molecular flexibility index (Phi) is 4.63. The van der Waals surface area contributed by atoms with Crippen LogP contribution in [0.2, 0.25) is 5.02 Å². The summed E-state index contributed by atoms with van der Waals surface area (Å²) < 4.78 is 0. The van der Waals surface area contributed by atoms with Crippen molar-refractivity contribution in [1.82, 2.24) is 15.2 Å². The van der Waals surface area contributed by atoms with Crippen molar-refractivity contribution in [3.63, 3.8) is 0 Å². The van der Waals surface area contributed by atoms with Gasteiger partial charge in [-0.1, -0.05) is 30.7 Å². The largest absolute Gasteiger partial charge is 0.362 e. The number of nitrogens with one attached hydrogen (secondary N) is 2. The molecule has 2 heterocycles. The number of aryl methyl sites for hydroxylation is 2. The summed E-state index contributed by atoms with van der Waals surface area (Å²) in [5.41, 5.74) is 1.53. The van der Waals surface area contributed by atoms with Gasteiger partial charge in [0.1, 0.15) is 5.54 Å². The van der Waals surface area contributed by atoms with Crippen LogP contribution in [-0.4, -0.2) is 34.2 Å². The van der Waals surface area contributed by atoms with Gasteiger partial charge in [0.05, 0.1) is 6.54 Å². The van der Waals surface area contributed by atoms with E-state index in [1.807, 2.05) is 13.8 Å². The molecule has 2 aromatic rings. The molecule has 1 aliphatic heterocycles. The summed E-state index contributed by atoms with van der Waals surface area (Å²) in [6, 6.07) is 7.94. The van der Waals surface area contributed by atoms with Gasteiger partial charge >= 0.3 is 6.03 Å². The standard InChI is InChI=1S/C19H20ClN3O3/c1-4-19(13-5-7-14(20)8-6-13)17(25)23(18(26)22-19)10-16(24)15-9-11(2)21-12(15)3/h5-9,21H,4,10H2,1-3H3,(H,22,26)/t19-/m0/s1. The van der Waals surface area contributed by atoms with Crippen LogP contribution < -0.4 is 5.32 Å². The molecule has 6 nitrogen and oxygen atoms in total. The van der Waals surface area contributed by atoms with Crippen molar-refractivity contribution in [2.75, 3.05) is 6.54 Å². The number of Topliss-reactive ketones (excluding diaryl/α,β-unsaturated/α-hetero) is 1. The van der Waals surface area contributed by atoms with E-state index in [1.165, 1.54) is 0 Å². The normalized spacial score (nSPS) is 19.8. The van der Waals surface area contributed by atoms with E-state index < -0.39 is 17.5 Å². The van der Waals surface area contributed by atoms with Gasteiger partial charge in [0.2, 0.25) is 0 Å². The van der Waals surface area contributed by atoms with E-state index in [0.29, 0.717) is 22.6 Å². The topological polar surface area (TPSA) is 82.3 Å². The fourth-order valence-electron chi connectivity index (χ4n) is 3.39. The molecule has 1 aromatic heterocycles. The second-order valence-electron chi connectivity index (χ2n) is 6.50. The van der Waals surface area contributed by atoms with E-state index in [-0.39, 0.29) is 12.3 Å². The lowest BCUT2D eigenvalue weighted by molar-refractivity contribution is -0.131. The Hall–Kier alpha value is -2.60. The van der Waals surface area contributed by atoms with Crippen LogP contribution in [0.15, 0.2) is 30.3 Å². The Morgan fingerprint density at radius 1 is 1.19 bits per heavy atom. The van der Waals surface area contributed by atoms with Crippen LogP contribution in [-0.2, 0) is 10.3 Å². The first-order valence-electron chi connectivity index (χ1n) is 8.38. The Balaban J connectivity index is 1.89. The van der Waals surface area contributed by atoms with Crippen LogP contribution in [0.5, 0.6) is 0 Å². The number of H-pyrrole nitrogens is 1. The number of aromatic nitrogens is 1. The Bertz CT molecular complexity index is 888. The van der Waals surface area contributed by atoms with Gasteiger partial charge in [-0.05, 0) is 44.0 Å². The van der Waals surface area contributed by atoms with E-state index in [9.17, 15) is 14.4 Å². The summed E-state index contributed by atoms with van der Waals surface area (Å²) in [5.74, 6) is -0.705. The van der Waals surface area contributed by atoms with Gasteiger partial charge in [0.25, 0.3) is 5.91 Å². The molecule has 0 saturated carbocycles. The van der Waals surface area contributed by atoms with Crippen LogP contribution in [0.25, 0.3) is 0 Å². The number of ketones is 1. The molecule has 3 rings (SSSR count). The quantitative estimate of drug-likeness (QED) is 0.623. The average molecular weight is 374 g/mol. The number of carbonyl (C=O) groups is 3. The van der Waals surface area contributed by atoms with Crippen molar-refractivity contribution in [2.45, 2.75) is 32.7 Å². The first-order chi connectivity index (χ1) is 12.3. The highest BCUT2D eigenvalue weighted by molar-refractivity contribution is 6.30. The van der Waals surface area contributed by atoms with E-state index in [2.05, 4.69) is 10.3 Å². The van der Waals surface area contributed by atoms with Crippen molar-refractivity contribution < 1.29 is 14.4 Å². The fourth-order valence-corrected chi connectivity index (χ4v) is 3.51. The molecule has 7 heteroatoms. The molecule has 136 valence electrons. The van der Waals surface area contributed by atoms with Gasteiger partial charge in [-0.2, -0.15) is 0 Å². The number of hydrogen-bond acceptors (Lipinski definition) is 3. The van der Waals surface area contributed by atoms with Gasteiger partial charge in [0.15, 0.2) is 5.78 Å². The van der Waals surface area contributed by atoms with Gasteiger partial charge < -0.3 is 10.3 Å². The molecule has 0 unspecified atom stereocenters. The van der Waals surface area contributed by atoms with Crippen LogP contribution in [0, 0.1) is 13.8 Å². The Labute approximate surface area is 156 Å². The first kappa shape index (κ1) is 18.2. The fraction of sp³-hybridized carbons (Fsp3) is 0.316. The number of rotatable bonds is 5. The maximum Gasteiger partial charge on any atom is 0.325 e. The smallest absolute Gasteiger partial charge is 0.325 e. The minimum Gasteiger partial charge on any atom is -0.362 e. The highest BCUT2D eigenvalue weighted by Crippen LogP contribution is 2.33. The van der Waals surface area contributed by atoms with Crippen molar-refractivity contribution in [3.8, 4) is 0 Å². The molecule has 1 aromatic carbocycles. The third kappa shape index (κ3) is 2.90.